The number of carbonyl (C=O) groups is 1. The van der Waals surface area contributed by atoms with Crippen LogP contribution in [0, 0.1) is 5.41 Å². The fraction of sp³-hybridized carbons (Fsp3) is 0.611. The third-order valence-corrected chi connectivity index (χ3v) is 5.22. The first-order valence-electron chi connectivity index (χ1n) is 8.33. The van der Waals surface area contributed by atoms with Gasteiger partial charge in [-0.25, -0.2) is 0 Å². The number of hydrogen-bond donors (Lipinski definition) is 1. The Morgan fingerprint density at radius 1 is 1.30 bits per heavy atom. The first-order chi connectivity index (χ1) is 10.5. The molecular formula is C18H28ClN3O. The van der Waals surface area contributed by atoms with Crippen LogP contribution in [0.2, 0.25) is 0 Å². The molecule has 128 valence electrons. The number of nitrogens with two attached hydrogens (primary N) is 1. The quantitative estimate of drug-likeness (QED) is 0.921. The van der Waals surface area contributed by atoms with Crippen molar-refractivity contribution in [2.75, 3.05) is 31.1 Å². The van der Waals surface area contributed by atoms with Gasteiger partial charge in [-0.3, -0.25) is 4.79 Å². The molecule has 1 aromatic rings. The highest BCUT2D eigenvalue weighted by molar-refractivity contribution is 5.95. The normalized spacial score (nSPS) is 23.3. The zero-order valence-electron chi connectivity index (χ0n) is 14.1. The van der Waals surface area contributed by atoms with Gasteiger partial charge in [0.1, 0.15) is 0 Å². The lowest BCUT2D eigenvalue weighted by Crippen LogP contribution is -2.52. The molecule has 1 unspecified atom stereocenters. The van der Waals surface area contributed by atoms with Crippen molar-refractivity contribution in [2.24, 2.45) is 11.1 Å². The Balaban J connectivity index is 0.00000192. The van der Waals surface area contributed by atoms with Gasteiger partial charge in [0.2, 0.25) is 5.91 Å². The van der Waals surface area contributed by atoms with E-state index < -0.39 is 0 Å². The van der Waals surface area contributed by atoms with E-state index in [2.05, 4.69) is 30.9 Å². The summed E-state index contributed by atoms with van der Waals surface area (Å²) in [5.74, 6) is 0.248. The Kier molecular flexibility index (Phi) is 5.71. The van der Waals surface area contributed by atoms with Crippen molar-refractivity contribution in [3.63, 3.8) is 0 Å². The van der Waals surface area contributed by atoms with Crippen molar-refractivity contribution < 1.29 is 4.79 Å². The molecule has 5 heteroatoms. The van der Waals surface area contributed by atoms with Crippen LogP contribution >= 0.6 is 12.4 Å². The Hall–Kier alpha value is -1.10. The minimum Gasteiger partial charge on any atom is -0.327 e. The van der Waals surface area contributed by atoms with Gasteiger partial charge in [-0.05, 0) is 36.4 Å². The molecule has 1 fully saturated rings. The molecule has 0 spiro atoms. The third-order valence-electron chi connectivity index (χ3n) is 5.22. The zero-order valence-corrected chi connectivity index (χ0v) is 14.9. The number of carbonyl (C=O) groups excluding carboxylic acids is 1. The second-order valence-electron chi connectivity index (χ2n) is 7.33. The van der Waals surface area contributed by atoms with E-state index in [1.807, 2.05) is 17.0 Å². The summed E-state index contributed by atoms with van der Waals surface area (Å²) in [6, 6.07) is 8.51. The Bertz CT molecular complexity index is 561. The number of anilines is 1. The first kappa shape index (κ1) is 18.2. The van der Waals surface area contributed by atoms with Crippen LogP contribution in [0.15, 0.2) is 24.3 Å². The molecule has 2 aliphatic rings. The van der Waals surface area contributed by atoms with Crippen LogP contribution in [-0.4, -0.2) is 43.0 Å². The summed E-state index contributed by atoms with van der Waals surface area (Å²) in [5, 5.41) is 0. The number of hydrogen-bond acceptors (Lipinski definition) is 3. The molecule has 0 aromatic heterocycles. The van der Waals surface area contributed by atoms with Crippen LogP contribution < -0.4 is 10.6 Å². The average Bonchev–Trinajstić information content (AvgIpc) is 2.92. The molecule has 1 saturated heterocycles. The number of halogens is 1. The van der Waals surface area contributed by atoms with E-state index in [-0.39, 0.29) is 29.8 Å². The zero-order chi connectivity index (χ0) is 15.7. The van der Waals surface area contributed by atoms with E-state index >= 15 is 0 Å². The molecule has 0 radical (unpaired) electrons. The maximum Gasteiger partial charge on any atom is 0.228 e. The summed E-state index contributed by atoms with van der Waals surface area (Å²) in [7, 11) is 0. The number of nitrogens with zero attached hydrogens (tertiary/aromatic N) is 2. The van der Waals surface area contributed by atoms with Gasteiger partial charge < -0.3 is 15.5 Å². The van der Waals surface area contributed by atoms with E-state index in [1.165, 1.54) is 5.56 Å². The molecule has 0 aliphatic carbocycles. The van der Waals surface area contributed by atoms with Crippen LogP contribution in [0.25, 0.3) is 0 Å². The highest BCUT2D eigenvalue weighted by Crippen LogP contribution is 2.29. The van der Waals surface area contributed by atoms with Gasteiger partial charge >= 0.3 is 0 Å². The maximum atomic E-state index is 12.6. The van der Waals surface area contributed by atoms with Gasteiger partial charge in [0.15, 0.2) is 0 Å². The van der Waals surface area contributed by atoms with Gasteiger partial charge in [0.05, 0.1) is 0 Å². The van der Waals surface area contributed by atoms with Crippen LogP contribution in [0.3, 0.4) is 0 Å². The summed E-state index contributed by atoms with van der Waals surface area (Å²) < 4.78 is 0. The smallest absolute Gasteiger partial charge is 0.228 e. The minimum absolute atomic E-state index is 0. The largest absolute Gasteiger partial charge is 0.327 e. The highest BCUT2D eigenvalue weighted by atomic mass is 35.5. The summed E-state index contributed by atoms with van der Waals surface area (Å²) in [6.45, 7) is 8.11. The molecular weight excluding hydrogens is 310 g/mol. The summed E-state index contributed by atoms with van der Waals surface area (Å²) >= 11 is 0. The molecule has 0 saturated carbocycles. The lowest BCUT2D eigenvalue weighted by molar-refractivity contribution is -0.119. The van der Waals surface area contributed by atoms with Gasteiger partial charge in [0.25, 0.3) is 0 Å². The van der Waals surface area contributed by atoms with Crippen molar-refractivity contribution in [3.8, 4) is 0 Å². The summed E-state index contributed by atoms with van der Waals surface area (Å²) in [5.41, 5.74) is 8.72. The van der Waals surface area contributed by atoms with Crippen LogP contribution in [0.4, 0.5) is 5.69 Å². The second kappa shape index (κ2) is 7.20. The van der Waals surface area contributed by atoms with Crippen LogP contribution in [-0.2, 0) is 11.2 Å². The number of fused-ring (bicyclic) bond motifs is 1. The molecule has 1 amide bonds. The monoisotopic (exact) mass is 337 g/mol. The Morgan fingerprint density at radius 3 is 2.78 bits per heavy atom. The van der Waals surface area contributed by atoms with Crippen molar-refractivity contribution in [3.05, 3.63) is 29.8 Å². The van der Waals surface area contributed by atoms with Gasteiger partial charge in [-0.2, -0.15) is 0 Å². The topological polar surface area (TPSA) is 49.6 Å². The van der Waals surface area contributed by atoms with E-state index in [0.29, 0.717) is 6.42 Å². The van der Waals surface area contributed by atoms with Crippen molar-refractivity contribution in [2.45, 2.75) is 39.2 Å². The molecule has 4 nitrogen and oxygen atoms in total. The Morgan fingerprint density at radius 2 is 2.04 bits per heavy atom. The molecule has 3 rings (SSSR count). The molecule has 1 atom stereocenters. The average molecular weight is 338 g/mol. The SMILES string of the molecule is CC1(C)CN(CCC(=O)N2CCc3ccccc32)CCC1N.Cl. The highest BCUT2D eigenvalue weighted by Gasteiger charge is 2.33. The minimum atomic E-state index is 0. The summed E-state index contributed by atoms with van der Waals surface area (Å²) in [6.07, 6.45) is 2.60. The van der Waals surface area contributed by atoms with Crippen molar-refractivity contribution in [1.82, 2.24) is 4.90 Å². The van der Waals surface area contributed by atoms with Gasteiger partial charge in [-0.1, -0.05) is 32.0 Å². The van der Waals surface area contributed by atoms with Crippen molar-refractivity contribution >= 4 is 24.0 Å². The standard InChI is InChI=1S/C18H27N3O.ClH/c1-18(2)13-20(10-8-16(18)19)11-9-17(22)21-12-7-14-5-3-4-6-15(14)21;/h3-6,16H,7-13,19H2,1-2H3;1H. The number of para-hydroxylation sites is 1. The van der Waals surface area contributed by atoms with Crippen molar-refractivity contribution in [1.29, 1.82) is 0 Å². The number of benzene rings is 1. The predicted octanol–water partition coefficient (Wildman–Crippen LogP) is 2.45. The molecule has 0 bridgehead atoms. The van der Waals surface area contributed by atoms with E-state index in [0.717, 1.165) is 44.7 Å². The number of amides is 1. The third kappa shape index (κ3) is 3.87. The molecule has 2 aliphatic heterocycles. The predicted molar refractivity (Wildman–Crippen MR) is 97.2 cm³/mol. The maximum absolute atomic E-state index is 12.6. The van der Waals surface area contributed by atoms with Crippen LogP contribution in [0.5, 0.6) is 0 Å². The van der Waals surface area contributed by atoms with E-state index in [4.69, 9.17) is 5.73 Å². The fourth-order valence-electron chi connectivity index (χ4n) is 3.66. The first-order valence-corrected chi connectivity index (χ1v) is 8.33. The lowest BCUT2D eigenvalue weighted by Gasteiger charge is -2.42. The lowest BCUT2D eigenvalue weighted by atomic mass is 9.79. The molecule has 2 N–H and O–H groups in total. The fourth-order valence-corrected chi connectivity index (χ4v) is 3.66. The Labute approximate surface area is 145 Å². The van der Waals surface area contributed by atoms with E-state index in [9.17, 15) is 4.79 Å². The molecule has 1 aromatic carbocycles. The summed E-state index contributed by atoms with van der Waals surface area (Å²) in [4.78, 5) is 16.9. The number of piperidine rings is 1. The number of rotatable bonds is 3. The van der Waals surface area contributed by atoms with Crippen LogP contribution in [0.1, 0.15) is 32.3 Å². The van der Waals surface area contributed by atoms with E-state index in [1.54, 1.807) is 0 Å². The van der Waals surface area contributed by atoms with Gasteiger partial charge in [-0.15, -0.1) is 12.4 Å². The van der Waals surface area contributed by atoms with Gasteiger partial charge in [0, 0.05) is 37.8 Å². The molecule has 23 heavy (non-hydrogen) atoms. The number of likely N-dealkylation sites (tertiary alicyclic amines) is 1. The second-order valence-corrected chi connectivity index (χ2v) is 7.33. The molecule has 2 heterocycles.